The number of benzene rings is 1. The standard InChI is InChI=1S/C10H12Br2N2O2/c1-6(14-16-5-10(13)15)8-3-2-7(11)4-9(8)12/h2-4,6,14H,5H2,1H3,(H2,13,15). The van der Waals surface area contributed by atoms with Crippen LogP contribution in [-0.4, -0.2) is 12.5 Å². The lowest BCUT2D eigenvalue weighted by Crippen LogP contribution is -2.26. The van der Waals surface area contributed by atoms with Crippen LogP contribution in [0.5, 0.6) is 0 Å². The molecule has 0 aliphatic carbocycles. The molecule has 16 heavy (non-hydrogen) atoms. The first-order valence-corrected chi connectivity index (χ1v) is 6.20. The summed E-state index contributed by atoms with van der Waals surface area (Å²) in [6.45, 7) is 1.79. The van der Waals surface area contributed by atoms with Gasteiger partial charge >= 0.3 is 0 Å². The van der Waals surface area contributed by atoms with Crippen molar-refractivity contribution in [2.45, 2.75) is 13.0 Å². The van der Waals surface area contributed by atoms with Crippen molar-refractivity contribution in [1.29, 1.82) is 0 Å². The number of primary amides is 1. The average molecular weight is 352 g/mol. The molecule has 0 radical (unpaired) electrons. The molecule has 1 unspecified atom stereocenters. The van der Waals surface area contributed by atoms with Crippen molar-refractivity contribution in [2.75, 3.05) is 6.61 Å². The number of halogens is 2. The SMILES string of the molecule is CC(NOCC(N)=O)c1ccc(Br)cc1Br. The van der Waals surface area contributed by atoms with Gasteiger partial charge in [0.25, 0.3) is 0 Å². The number of hydrogen-bond acceptors (Lipinski definition) is 3. The maximum absolute atomic E-state index is 10.5. The molecule has 1 amide bonds. The molecule has 0 fully saturated rings. The lowest BCUT2D eigenvalue weighted by Gasteiger charge is -2.15. The lowest BCUT2D eigenvalue weighted by atomic mass is 10.1. The first kappa shape index (κ1) is 13.6. The van der Waals surface area contributed by atoms with Gasteiger partial charge in [-0.05, 0) is 24.6 Å². The molecule has 1 atom stereocenters. The largest absolute Gasteiger partial charge is 0.368 e. The van der Waals surface area contributed by atoms with Crippen LogP contribution in [0, 0.1) is 0 Å². The predicted molar refractivity (Wildman–Crippen MR) is 68.5 cm³/mol. The Bertz CT molecular complexity index is 385. The highest BCUT2D eigenvalue weighted by molar-refractivity contribution is 9.11. The Balaban J connectivity index is 2.58. The van der Waals surface area contributed by atoms with Crippen molar-refractivity contribution < 1.29 is 9.63 Å². The second-order valence-corrected chi connectivity index (χ2v) is 5.03. The molecule has 1 aromatic rings. The molecule has 1 rings (SSSR count). The predicted octanol–water partition coefficient (Wildman–Crippen LogP) is 2.28. The van der Waals surface area contributed by atoms with E-state index < -0.39 is 5.91 Å². The minimum absolute atomic E-state index is 0.0400. The van der Waals surface area contributed by atoms with Gasteiger partial charge in [0, 0.05) is 8.95 Å². The van der Waals surface area contributed by atoms with Crippen molar-refractivity contribution in [3.05, 3.63) is 32.7 Å². The van der Waals surface area contributed by atoms with E-state index in [1.165, 1.54) is 0 Å². The Morgan fingerprint density at radius 2 is 2.25 bits per heavy atom. The number of rotatable bonds is 5. The first-order valence-electron chi connectivity index (χ1n) is 4.61. The van der Waals surface area contributed by atoms with Gasteiger partial charge in [0.15, 0.2) is 0 Å². The van der Waals surface area contributed by atoms with Crippen LogP contribution in [0.3, 0.4) is 0 Å². The van der Waals surface area contributed by atoms with E-state index >= 15 is 0 Å². The summed E-state index contributed by atoms with van der Waals surface area (Å²) in [6.07, 6.45) is 0. The zero-order valence-corrected chi connectivity index (χ0v) is 11.8. The minimum atomic E-state index is -0.505. The summed E-state index contributed by atoms with van der Waals surface area (Å²) in [6, 6.07) is 5.80. The Morgan fingerprint density at radius 1 is 1.56 bits per heavy atom. The quantitative estimate of drug-likeness (QED) is 0.800. The molecule has 0 saturated heterocycles. The fourth-order valence-electron chi connectivity index (χ4n) is 1.15. The third kappa shape index (κ3) is 4.21. The summed E-state index contributed by atoms with van der Waals surface area (Å²) in [5.41, 5.74) is 8.73. The van der Waals surface area contributed by atoms with Crippen LogP contribution in [0.15, 0.2) is 27.1 Å². The molecular weight excluding hydrogens is 340 g/mol. The van der Waals surface area contributed by atoms with Crippen LogP contribution >= 0.6 is 31.9 Å². The third-order valence-electron chi connectivity index (χ3n) is 1.90. The van der Waals surface area contributed by atoms with Gasteiger partial charge in [-0.2, -0.15) is 5.48 Å². The van der Waals surface area contributed by atoms with Crippen molar-refractivity contribution in [1.82, 2.24) is 5.48 Å². The number of amides is 1. The fourth-order valence-corrected chi connectivity index (χ4v) is 2.54. The normalized spacial score (nSPS) is 12.4. The van der Waals surface area contributed by atoms with Gasteiger partial charge in [0.05, 0.1) is 6.04 Å². The van der Waals surface area contributed by atoms with Gasteiger partial charge in [-0.15, -0.1) is 0 Å². The monoisotopic (exact) mass is 350 g/mol. The number of carbonyl (C=O) groups excluding carboxylic acids is 1. The fraction of sp³-hybridized carbons (Fsp3) is 0.300. The summed E-state index contributed by atoms with van der Waals surface area (Å²) in [5.74, 6) is -0.505. The number of hydroxylamine groups is 1. The maximum atomic E-state index is 10.5. The summed E-state index contributed by atoms with van der Waals surface area (Å²) in [5, 5.41) is 0. The molecule has 0 saturated carbocycles. The van der Waals surface area contributed by atoms with Crippen LogP contribution in [0.4, 0.5) is 0 Å². The van der Waals surface area contributed by atoms with Gasteiger partial charge in [-0.25, -0.2) is 0 Å². The molecule has 4 nitrogen and oxygen atoms in total. The summed E-state index contributed by atoms with van der Waals surface area (Å²) < 4.78 is 1.96. The van der Waals surface area contributed by atoms with Gasteiger partial charge in [0.2, 0.25) is 5.91 Å². The van der Waals surface area contributed by atoms with Crippen LogP contribution in [-0.2, 0) is 9.63 Å². The molecule has 0 heterocycles. The Kier molecular flexibility index (Phi) is 5.40. The van der Waals surface area contributed by atoms with E-state index in [2.05, 4.69) is 37.3 Å². The minimum Gasteiger partial charge on any atom is -0.368 e. The van der Waals surface area contributed by atoms with Crippen molar-refractivity contribution in [3.8, 4) is 0 Å². The highest BCUT2D eigenvalue weighted by Gasteiger charge is 2.09. The molecular formula is C10H12Br2N2O2. The van der Waals surface area contributed by atoms with Crippen LogP contribution in [0.2, 0.25) is 0 Å². The van der Waals surface area contributed by atoms with E-state index in [1.807, 2.05) is 25.1 Å². The average Bonchev–Trinajstić information content (AvgIpc) is 2.16. The van der Waals surface area contributed by atoms with E-state index in [0.717, 1.165) is 14.5 Å². The van der Waals surface area contributed by atoms with Gasteiger partial charge in [0.1, 0.15) is 6.61 Å². The van der Waals surface area contributed by atoms with Crippen LogP contribution in [0.1, 0.15) is 18.5 Å². The van der Waals surface area contributed by atoms with E-state index in [9.17, 15) is 4.79 Å². The summed E-state index contributed by atoms with van der Waals surface area (Å²) in [4.78, 5) is 15.4. The highest BCUT2D eigenvalue weighted by atomic mass is 79.9. The van der Waals surface area contributed by atoms with Crippen molar-refractivity contribution in [3.63, 3.8) is 0 Å². The number of carbonyl (C=O) groups is 1. The molecule has 0 bridgehead atoms. The topological polar surface area (TPSA) is 64.3 Å². The lowest BCUT2D eigenvalue weighted by molar-refractivity contribution is -0.126. The van der Waals surface area contributed by atoms with E-state index in [4.69, 9.17) is 10.6 Å². The van der Waals surface area contributed by atoms with E-state index in [0.29, 0.717) is 0 Å². The second-order valence-electron chi connectivity index (χ2n) is 3.26. The van der Waals surface area contributed by atoms with Crippen molar-refractivity contribution >= 4 is 37.8 Å². The molecule has 1 aromatic carbocycles. The second kappa shape index (κ2) is 6.34. The van der Waals surface area contributed by atoms with Gasteiger partial charge in [-0.3, -0.25) is 9.63 Å². The van der Waals surface area contributed by atoms with Gasteiger partial charge < -0.3 is 5.73 Å². The zero-order valence-electron chi connectivity index (χ0n) is 8.67. The number of hydrogen-bond donors (Lipinski definition) is 2. The third-order valence-corrected chi connectivity index (χ3v) is 3.08. The van der Waals surface area contributed by atoms with E-state index in [1.54, 1.807) is 0 Å². The molecule has 0 spiro atoms. The maximum Gasteiger partial charge on any atom is 0.245 e. The van der Waals surface area contributed by atoms with Gasteiger partial charge in [-0.1, -0.05) is 37.9 Å². The highest BCUT2D eigenvalue weighted by Crippen LogP contribution is 2.26. The smallest absolute Gasteiger partial charge is 0.245 e. The molecule has 0 aliphatic heterocycles. The number of nitrogens with two attached hydrogens (primary N) is 1. The zero-order chi connectivity index (χ0) is 12.1. The molecule has 6 heteroatoms. The molecule has 3 N–H and O–H groups in total. The van der Waals surface area contributed by atoms with Crippen LogP contribution < -0.4 is 11.2 Å². The Hall–Kier alpha value is -0.430. The first-order chi connectivity index (χ1) is 7.50. The molecule has 0 aromatic heterocycles. The molecule has 0 aliphatic rings. The summed E-state index contributed by atoms with van der Waals surface area (Å²) in [7, 11) is 0. The van der Waals surface area contributed by atoms with Crippen molar-refractivity contribution in [2.24, 2.45) is 5.73 Å². The number of nitrogens with one attached hydrogen (secondary N) is 1. The van der Waals surface area contributed by atoms with E-state index in [-0.39, 0.29) is 12.6 Å². The van der Waals surface area contributed by atoms with Crippen LogP contribution in [0.25, 0.3) is 0 Å². The molecule has 88 valence electrons. The Labute approximate surface area is 111 Å². The summed E-state index contributed by atoms with van der Waals surface area (Å²) >= 11 is 6.83. The Morgan fingerprint density at radius 3 is 2.81 bits per heavy atom.